The lowest BCUT2D eigenvalue weighted by molar-refractivity contribution is -0.137. The molecule has 0 radical (unpaired) electrons. The Morgan fingerprint density at radius 3 is 1.48 bits per heavy atom. The number of amides is 4. The fourth-order valence-corrected chi connectivity index (χ4v) is 12.7. The Kier molecular flexibility index (Phi) is 15.7. The van der Waals surface area contributed by atoms with Crippen molar-refractivity contribution in [2.45, 2.75) is 141 Å². The molecule has 4 aromatic rings. The largest absolute Gasteiger partial charge is 0.465 e. The van der Waals surface area contributed by atoms with Gasteiger partial charge in [0.25, 0.3) is 0 Å². The average molecular weight is 939 g/mol. The van der Waals surface area contributed by atoms with E-state index < -0.39 is 29.9 Å². The molecule has 66 heavy (non-hydrogen) atoms. The minimum Gasteiger partial charge on any atom is -0.465 e. The number of carbonyl (C=O) groups excluding carboxylic acids is 3. The van der Waals surface area contributed by atoms with Gasteiger partial charge in [0.1, 0.15) is 17.7 Å². The highest BCUT2D eigenvalue weighted by Crippen LogP contribution is 2.41. The smallest absolute Gasteiger partial charge is 0.408 e. The van der Waals surface area contributed by atoms with Crippen LogP contribution in [0.1, 0.15) is 121 Å². The first-order valence-electron chi connectivity index (χ1n) is 24.0. The molecule has 3 N–H and O–H groups in total. The van der Waals surface area contributed by atoms with Gasteiger partial charge in [-0.2, -0.15) is 10.2 Å². The van der Waals surface area contributed by atoms with Gasteiger partial charge in [-0.3, -0.25) is 19.0 Å². The molecule has 2 aliphatic carbocycles. The summed E-state index contributed by atoms with van der Waals surface area (Å²) in [6.07, 6.45) is 11.2. The number of carboxylic acid groups (broad SMARTS) is 1. The van der Waals surface area contributed by atoms with Crippen molar-refractivity contribution in [1.29, 1.82) is 0 Å². The fourth-order valence-electron chi connectivity index (χ4n) is 10.4. The zero-order valence-electron chi connectivity index (χ0n) is 38.6. The highest BCUT2D eigenvalue weighted by molar-refractivity contribution is 8.76. The highest BCUT2D eigenvalue weighted by Gasteiger charge is 2.40. The van der Waals surface area contributed by atoms with Crippen molar-refractivity contribution < 1.29 is 29.0 Å². The molecular weight excluding hydrogens is 873 g/mol. The molecule has 2 aromatic carbocycles. The van der Waals surface area contributed by atoms with Gasteiger partial charge in [-0.15, -0.1) is 0 Å². The molecule has 0 unspecified atom stereocenters. The van der Waals surface area contributed by atoms with E-state index in [1.807, 2.05) is 79.8 Å². The Balaban J connectivity index is 0.997. The van der Waals surface area contributed by atoms with Crippen molar-refractivity contribution >= 4 is 45.6 Å². The predicted molar refractivity (Wildman–Crippen MR) is 260 cm³/mol. The SMILES string of the molecule is CC(C)(C)OC(=O)N[C@@H](CSSC[C@H](NC(=O)O)C(=O)N1CCn2nc(-c3ccccc3)cc2[C@H]1CC1CCCCC1)C(=O)N1CCn2nc(-c3ccccc3)cc2[C@H]1CC1CCCCC1. The molecule has 2 saturated carbocycles. The van der Waals surface area contributed by atoms with Crippen LogP contribution in [0.5, 0.6) is 0 Å². The van der Waals surface area contributed by atoms with E-state index in [9.17, 15) is 24.3 Å². The van der Waals surface area contributed by atoms with Gasteiger partial charge in [-0.1, -0.05) is 146 Å². The normalized spacial score (nSPS) is 20.2. The number of hydrogen-bond acceptors (Lipinski definition) is 9. The van der Waals surface area contributed by atoms with Gasteiger partial charge in [-0.05, 0) is 57.6 Å². The molecular formula is C50H66N8O6S2. The number of carbonyl (C=O) groups is 4. The van der Waals surface area contributed by atoms with Crippen LogP contribution in [0.15, 0.2) is 72.8 Å². The van der Waals surface area contributed by atoms with Crippen LogP contribution >= 0.6 is 21.6 Å². The van der Waals surface area contributed by atoms with Crippen LogP contribution in [-0.2, 0) is 27.4 Å². The van der Waals surface area contributed by atoms with Gasteiger partial charge < -0.3 is 30.3 Å². The lowest BCUT2D eigenvalue weighted by Gasteiger charge is -2.40. The van der Waals surface area contributed by atoms with E-state index in [0.717, 1.165) is 72.4 Å². The van der Waals surface area contributed by atoms with Crippen LogP contribution in [0.3, 0.4) is 0 Å². The first-order chi connectivity index (χ1) is 31.9. The number of ether oxygens (including phenoxy) is 1. The van der Waals surface area contributed by atoms with Crippen molar-refractivity contribution in [2.24, 2.45) is 11.8 Å². The van der Waals surface area contributed by atoms with E-state index in [2.05, 4.69) is 22.8 Å². The van der Waals surface area contributed by atoms with Gasteiger partial charge in [0.05, 0.1) is 47.9 Å². The zero-order chi connectivity index (χ0) is 46.2. The minimum absolute atomic E-state index is 0.125. The molecule has 354 valence electrons. The molecule has 0 bridgehead atoms. The third kappa shape index (κ3) is 11.9. The number of nitrogens with one attached hydrogen (secondary N) is 2. The van der Waals surface area contributed by atoms with Crippen LogP contribution in [-0.4, -0.2) is 101 Å². The van der Waals surface area contributed by atoms with E-state index in [0.29, 0.717) is 38.0 Å². The Morgan fingerprint density at radius 2 is 1.08 bits per heavy atom. The quantitative estimate of drug-likeness (QED) is 0.0773. The van der Waals surface area contributed by atoms with Crippen molar-refractivity contribution in [2.75, 3.05) is 24.6 Å². The third-order valence-corrected chi connectivity index (χ3v) is 16.0. The Labute approximate surface area is 396 Å². The average Bonchev–Trinajstić information content (AvgIpc) is 3.96. The number of alkyl carbamates (subject to hydrolysis) is 1. The van der Waals surface area contributed by atoms with Crippen molar-refractivity contribution in [1.82, 2.24) is 40.0 Å². The van der Waals surface area contributed by atoms with Gasteiger partial charge >= 0.3 is 12.2 Å². The molecule has 16 heteroatoms. The van der Waals surface area contributed by atoms with E-state index >= 15 is 0 Å². The molecule has 0 spiro atoms. The molecule has 8 rings (SSSR count). The second-order valence-corrected chi connectivity index (χ2v) is 22.0. The third-order valence-electron chi connectivity index (χ3n) is 13.6. The van der Waals surface area contributed by atoms with Crippen LogP contribution in [0.2, 0.25) is 0 Å². The number of hydrogen-bond donors (Lipinski definition) is 3. The molecule has 2 fully saturated rings. The fraction of sp³-hybridized carbons (Fsp3) is 0.560. The summed E-state index contributed by atoms with van der Waals surface area (Å²) in [5, 5.41) is 25.5. The summed E-state index contributed by atoms with van der Waals surface area (Å²) in [5.74, 6) is 0.743. The van der Waals surface area contributed by atoms with Crippen LogP contribution in [0, 0.1) is 11.8 Å². The van der Waals surface area contributed by atoms with Crippen LogP contribution < -0.4 is 10.6 Å². The Hall–Kier alpha value is -4.96. The van der Waals surface area contributed by atoms with Gasteiger partial charge in [0, 0.05) is 35.7 Å². The van der Waals surface area contributed by atoms with E-state index in [4.69, 9.17) is 14.9 Å². The molecule has 4 heterocycles. The summed E-state index contributed by atoms with van der Waals surface area (Å²) in [5.41, 5.74) is 4.95. The number of fused-ring (bicyclic) bond motifs is 2. The van der Waals surface area contributed by atoms with Crippen LogP contribution in [0.4, 0.5) is 9.59 Å². The first-order valence-corrected chi connectivity index (χ1v) is 26.5. The van der Waals surface area contributed by atoms with Crippen molar-refractivity contribution in [3.05, 3.63) is 84.2 Å². The number of aromatic nitrogens is 4. The predicted octanol–water partition coefficient (Wildman–Crippen LogP) is 9.73. The lowest BCUT2D eigenvalue weighted by atomic mass is 9.83. The molecule has 14 nitrogen and oxygen atoms in total. The first kappa shape index (κ1) is 47.5. The van der Waals surface area contributed by atoms with E-state index in [-0.39, 0.29) is 35.4 Å². The van der Waals surface area contributed by atoms with Crippen molar-refractivity contribution in [3.8, 4) is 22.5 Å². The standard InChI is InChI=1S/C50H66N8O6S2/c1-50(2,3)64-49(63)52-41(47(60)56-25-27-58-45(43(56)29-35-18-10-5-11-19-35)31-39(54-58)37-22-14-7-15-23-37)33-66-65-32-40(51-48(61)62)46(59)55-24-26-57-44(42(55)28-34-16-8-4-9-17-34)30-38(53-57)36-20-12-6-13-21-36/h6-7,12-15,20-23,30-31,34-35,40-43,51H,4-5,8-11,16-19,24-29,32-33H2,1-3H3,(H,52,63)(H,61,62)/t40-,41-,42+,43+/m0/s1. The molecule has 4 amide bonds. The van der Waals surface area contributed by atoms with Crippen molar-refractivity contribution in [3.63, 3.8) is 0 Å². The summed E-state index contributed by atoms with van der Waals surface area (Å²) >= 11 is 0. The summed E-state index contributed by atoms with van der Waals surface area (Å²) in [4.78, 5) is 59.2. The topological polar surface area (TPSA) is 164 Å². The molecule has 4 atom stereocenters. The summed E-state index contributed by atoms with van der Waals surface area (Å²) < 4.78 is 9.75. The van der Waals surface area contributed by atoms with Gasteiger partial charge in [0.15, 0.2) is 0 Å². The molecule has 2 aromatic heterocycles. The van der Waals surface area contributed by atoms with Gasteiger partial charge in [0.2, 0.25) is 11.8 Å². The number of benzene rings is 2. The Morgan fingerprint density at radius 1 is 0.652 bits per heavy atom. The Bertz CT molecular complexity index is 2270. The van der Waals surface area contributed by atoms with E-state index in [1.165, 1.54) is 60.1 Å². The summed E-state index contributed by atoms with van der Waals surface area (Å²) in [7, 11) is 2.66. The maximum absolute atomic E-state index is 15.0. The summed E-state index contributed by atoms with van der Waals surface area (Å²) in [6.45, 7) is 7.23. The highest BCUT2D eigenvalue weighted by atomic mass is 33.1. The van der Waals surface area contributed by atoms with Gasteiger partial charge in [-0.25, -0.2) is 9.59 Å². The number of rotatable bonds is 15. The van der Waals surface area contributed by atoms with E-state index in [1.54, 1.807) is 20.8 Å². The molecule has 4 aliphatic rings. The molecule has 0 saturated heterocycles. The van der Waals surface area contributed by atoms with Crippen LogP contribution in [0.25, 0.3) is 22.5 Å². The zero-order valence-corrected chi connectivity index (χ0v) is 40.2. The summed E-state index contributed by atoms with van der Waals surface area (Å²) in [6, 6.07) is 21.9. The minimum atomic E-state index is -1.28. The number of nitrogens with zero attached hydrogens (tertiary/aromatic N) is 6. The second kappa shape index (κ2) is 21.8. The maximum atomic E-state index is 15.0. The monoisotopic (exact) mass is 938 g/mol. The molecule has 2 aliphatic heterocycles. The lowest BCUT2D eigenvalue weighted by Crippen LogP contribution is -2.54. The second-order valence-electron chi connectivity index (χ2n) is 19.4. The maximum Gasteiger partial charge on any atom is 0.408 e.